The molecule has 0 aliphatic carbocycles. The van der Waals surface area contributed by atoms with E-state index in [1.54, 1.807) is 18.2 Å². The zero-order valence-electron chi connectivity index (χ0n) is 13.8. The normalized spacial score (nSPS) is 16.3. The molecule has 0 radical (unpaired) electrons. The van der Waals surface area contributed by atoms with Crippen LogP contribution < -0.4 is 10.4 Å². The summed E-state index contributed by atoms with van der Waals surface area (Å²) in [5.41, 5.74) is -1.47. The van der Waals surface area contributed by atoms with Crippen molar-refractivity contribution in [3.8, 4) is 11.5 Å². The van der Waals surface area contributed by atoms with Crippen LogP contribution >= 0.6 is 0 Å². The van der Waals surface area contributed by atoms with Crippen molar-refractivity contribution in [2.24, 2.45) is 0 Å². The number of aromatic nitrogens is 3. The Balaban J connectivity index is 1.62. The minimum atomic E-state index is -4.52. The summed E-state index contributed by atoms with van der Waals surface area (Å²) in [7, 11) is 0. The van der Waals surface area contributed by atoms with Crippen molar-refractivity contribution in [3.63, 3.8) is 0 Å². The Morgan fingerprint density at radius 2 is 2.00 bits per heavy atom. The van der Waals surface area contributed by atoms with Crippen LogP contribution in [0.2, 0.25) is 0 Å². The number of hydrogen-bond acceptors (Lipinski definition) is 5. The number of H-pyrrole nitrogens is 1. The first kappa shape index (κ1) is 17.6. The number of halogens is 3. The number of imidazole rings is 1. The number of pyridine rings is 1. The topological polar surface area (TPSA) is 89.4 Å². The maximum Gasteiger partial charge on any atom is 0.433 e. The molecule has 10 heteroatoms. The van der Waals surface area contributed by atoms with Crippen molar-refractivity contribution < 1.29 is 27.8 Å². The quantitative estimate of drug-likeness (QED) is 0.724. The van der Waals surface area contributed by atoms with Crippen LogP contribution in [0.15, 0.2) is 41.3 Å². The van der Waals surface area contributed by atoms with Gasteiger partial charge in [-0.3, -0.25) is 4.57 Å². The molecule has 1 fully saturated rings. The smallest absolute Gasteiger partial charge is 0.433 e. The number of aromatic amines is 1. The Labute approximate surface area is 150 Å². The van der Waals surface area contributed by atoms with Crippen LogP contribution in [0.5, 0.6) is 11.5 Å². The number of aliphatic hydroxyl groups is 1. The van der Waals surface area contributed by atoms with Gasteiger partial charge >= 0.3 is 11.9 Å². The second-order valence-corrected chi connectivity index (χ2v) is 6.39. The summed E-state index contributed by atoms with van der Waals surface area (Å²) in [6, 6.07) is 6.74. The average molecular weight is 381 g/mol. The molecule has 0 unspecified atom stereocenters. The summed E-state index contributed by atoms with van der Waals surface area (Å²) in [6.07, 6.45) is -3.55. The predicted octanol–water partition coefficient (Wildman–Crippen LogP) is 2.30. The fourth-order valence-corrected chi connectivity index (χ4v) is 2.82. The van der Waals surface area contributed by atoms with Gasteiger partial charge in [-0.15, -0.1) is 0 Å². The number of ether oxygens (including phenoxy) is 2. The molecule has 0 bridgehead atoms. The van der Waals surface area contributed by atoms with Gasteiger partial charge in [-0.25, -0.2) is 9.78 Å². The number of rotatable bonds is 4. The average Bonchev–Trinajstić information content (AvgIpc) is 2.88. The van der Waals surface area contributed by atoms with E-state index in [1.165, 1.54) is 10.6 Å². The summed E-state index contributed by atoms with van der Waals surface area (Å²) < 4.78 is 49.6. The highest BCUT2D eigenvalue weighted by Gasteiger charge is 2.37. The maximum absolute atomic E-state index is 12.6. The molecule has 1 aliphatic heterocycles. The van der Waals surface area contributed by atoms with Gasteiger partial charge in [-0.2, -0.15) is 13.2 Å². The molecule has 4 rings (SSSR count). The maximum atomic E-state index is 12.6. The summed E-state index contributed by atoms with van der Waals surface area (Å²) >= 11 is 0. The van der Waals surface area contributed by atoms with Gasteiger partial charge in [0.1, 0.15) is 22.8 Å². The Morgan fingerprint density at radius 3 is 2.59 bits per heavy atom. The molecule has 27 heavy (non-hydrogen) atoms. The lowest BCUT2D eigenvalue weighted by Crippen LogP contribution is -2.53. The molecule has 3 heterocycles. The lowest BCUT2D eigenvalue weighted by atomic mass is 10.0. The van der Waals surface area contributed by atoms with E-state index in [9.17, 15) is 23.1 Å². The number of benzene rings is 1. The van der Waals surface area contributed by atoms with Gasteiger partial charge in [-0.1, -0.05) is 0 Å². The number of nitrogens with one attached hydrogen (secondary N) is 1. The first-order valence-electron chi connectivity index (χ1n) is 7.97. The largest absolute Gasteiger partial charge is 0.456 e. The predicted molar refractivity (Wildman–Crippen MR) is 87.6 cm³/mol. The van der Waals surface area contributed by atoms with E-state index in [0.717, 1.165) is 12.3 Å². The van der Waals surface area contributed by atoms with Crippen molar-refractivity contribution in [2.45, 2.75) is 18.3 Å². The van der Waals surface area contributed by atoms with E-state index in [0.29, 0.717) is 16.8 Å². The van der Waals surface area contributed by atoms with E-state index in [1.807, 2.05) is 0 Å². The van der Waals surface area contributed by atoms with Crippen LogP contribution in [0.3, 0.4) is 0 Å². The highest BCUT2D eigenvalue weighted by Crippen LogP contribution is 2.30. The van der Waals surface area contributed by atoms with Crippen LogP contribution in [-0.4, -0.2) is 38.5 Å². The Hall–Kier alpha value is -2.85. The van der Waals surface area contributed by atoms with Gasteiger partial charge in [0.15, 0.2) is 0 Å². The van der Waals surface area contributed by atoms with E-state index in [2.05, 4.69) is 9.97 Å². The minimum Gasteiger partial charge on any atom is -0.456 e. The second kappa shape index (κ2) is 6.10. The van der Waals surface area contributed by atoms with Gasteiger partial charge in [0.2, 0.25) is 0 Å². The number of hydrogen-bond donors (Lipinski definition) is 2. The molecular formula is C17H14F3N3O4. The summed E-state index contributed by atoms with van der Waals surface area (Å²) in [4.78, 5) is 18.2. The first-order chi connectivity index (χ1) is 12.7. The van der Waals surface area contributed by atoms with E-state index in [-0.39, 0.29) is 25.5 Å². The molecular weight excluding hydrogens is 367 g/mol. The molecule has 142 valence electrons. The fourth-order valence-electron chi connectivity index (χ4n) is 2.82. The zero-order chi connectivity index (χ0) is 19.2. The van der Waals surface area contributed by atoms with Crippen molar-refractivity contribution in [2.75, 3.05) is 13.2 Å². The number of alkyl halides is 3. The highest BCUT2D eigenvalue weighted by molar-refractivity contribution is 5.77. The highest BCUT2D eigenvalue weighted by atomic mass is 19.4. The molecule has 1 aliphatic rings. The van der Waals surface area contributed by atoms with Crippen molar-refractivity contribution >= 4 is 11.0 Å². The van der Waals surface area contributed by atoms with Gasteiger partial charge in [0.25, 0.3) is 0 Å². The zero-order valence-corrected chi connectivity index (χ0v) is 13.8. The van der Waals surface area contributed by atoms with Gasteiger partial charge < -0.3 is 19.6 Å². The molecule has 7 nitrogen and oxygen atoms in total. The molecule has 0 saturated carbocycles. The standard InChI is InChI=1S/C17H14F3N3O4/c18-17(19,20)14-4-2-11(6-21-14)27-10-1-3-12-13(5-10)23(15(24)22-12)7-16(25)8-26-9-16/h1-6,25H,7-9H2,(H,22,24). The Morgan fingerprint density at radius 1 is 1.26 bits per heavy atom. The summed E-state index contributed by atoms with van der Waals surface area (Å²) in [6.45, 7) is 0.330. The van der Waals surface area contributed by atoms with Crippen LogP contribution in [0.1, 0.15) is 5.69 Å². The number of nitrogens with zero attached hydrogens (tertiary/aromatic N) is 2. The lowest BCUT2D eigenvalue weighted by Gasteiger charge is -2.36. The van der Waals surface area contributed by atoms with E-state index >= 15 is 0 Å². The summed E-state index contributed by atoms with van der Waals surface area (Å²) in [5, 5.41) is 10.2. The molecule has 3 aromatic rings. The molecule has 0 amide bonds. The third-order valence-electron chi connectivity index (χ3n) is 4.20. The van der Waals surface area contributed by atoms with E-state index < -0.39 is 23.2 Å². The SMILES string of the molecule is O=c1[nH]c2ccc(Oc3ccc(C(F)(F)F)nc3)cc2n1CC1(O)COC1. The van der Waals surface area contributed by atoms with Gasteiger partial charge in [-0.05, 0) is 24.3 Å². The van der Waals surface area contributed by atoms with E-state index in [4.69, 9.17) is 9.47 Å². The van der Waals surface area contributed by atoms with Crippen molar-refractivity contribution in [1.82, 2.24) is 14.5 Å². The molecule has 1 aromatic carbocycles. The lowest BCUT2D eigenvalue weighted by molar-refractivity contribution is -0.184. The van der Waals surface area contributed by atoms with Crippen LogP contribution in [-0.2, 0) is 17.5 Å². The van der Waals surface area contributed by atoms with Crippen molar-refractivity contribution in [1.29, 1.82) is 0 Å². The first-order valence-corrected chi connectivity index (χ1v) is 7.97. The molecule has 2 aromatic heterocycles. The number of fused-ring (bicyclic) bond motifs is 1. The second-order valence-electron chi connectivity index (χ2n) is 6.39. The molecule has 0 spiro atoms. The molecule has 2 N–H and O–H groups in total. The Kier molecular flexibility index (Phi) is 3.97. The van der Waals surface area contributed by atoms with Crippen molar-refractivity contribution in [3.05, 3.63) is 52.7 Å². The third-order valence-corrected chi connectivity index (χ3v) is 4.20. The molecule has 0 atom stereocenters. The van der Waals surface area contributed by atoms with Gasteiger partial charge in [0, 0.05) is 6.07 Å². The Bertz CT molecular complexity index is 1040. The van der Waals surface area contributed by atoms with Crippen LogP contribution in [0, 0.1) is 0 Å². The summed E-state index contributed by atoms with van der Waals surface area (Å²) in [5.74, 6) is 0.437. The minimum absolute atomic E-state index is 0.0527. The van der Waals surface area contributed by atoms with Crippen LogP contribution in [0.4, 0.5) is 13.2 Å². The fraction of sp³-hybridized carbons (Fsp3) is 0.294. The van der Waals surface area contributed by atoms with Crippen LogP contribution in [0.25, 0.3) is 11.0 Å². The van der Waals surface area contributed by atoms with Gasteiger partial charge in [0.05, 0.1) is 37.0 Å². The molecule has 1 saturated heterocycles. The third kappa shape index (κ3) is 3.40. The monoisotopic (exact) mass is 381 g/mol.